The van der Waals surface area contributed by atoms with E-state index in [1.165, 1.54) is 6.08 Å². The van der Waals surface area contributed by atoms with E-state index in [-0.39, 0.29) is 12.1 Å². The molecule has 0 bridgehead atoms. The maximum atomic E-state index is 11.3. The Balaban J connectivity index is 1.80. The first-order chi connectivity index (χ1) is 13.7. The van der Waals surface area contributed by atoms with Gasteiger partial charge >= 0.3 is 5.97 Å². The minimum atomic E-state index is -0.352. The summed E-state index contributed by atoms with van der Waals surface area (Å²) in [6.07, 6.45) is 5.79. The second kappa shape index (κ2) is 11.6. The van der Waals surface area contributed by atoms with Gasteiger partial charge in [0.2, 0.25) is 0 Å². The number of hydrogen-bond donors (Lipinski definition) is 0. The smallest absolute Gasteiger partial charge is 0.330 e. The Morgan fingerprint density at radius 3 is 2.57 bits per heavy atom. The summed E-state index contributed by atoms with van der Waals surface area (Å²) in [4.78, 5) is 11.3. The molecule has 0 fully saturated rings. The maximum Gasteiger partial charge on any atom is 0.330 e. The average molecular weight is 377 g/mol. The van der Waals surface area contributed by atoms with Crippen LogP contribution in [0.15, 0.2) is 61.2 Å². The van der Waals surface area contributed by atoms with Crippen molar-refractivity contribution in [2.45, 2.75) is 45.1 Å². The third-order valence-electron chi connectivity index (χ3n) is 4.54. The average Bonchev–Trinajstić information content (AvgIpc) is 2.75. The van der Waals surface area contributed by atoms with Gasteiger partial charge in [0.1, 0.15) is 11.9 Å². The molecule has 0 N–H and O–H groups in total. The van der Waals surface area contributed by atoms with Crippen LogP contribution in [0.4, 0.5) is 0 Å². The van der Waals surface area contributed by atoms with Gasteiger partial charge in [-0.05, 0) is 55.9 Å². The Bertz CT molecular complexity index is 805. The monoisotopic (exact) mass is 377 g/mol. The first-order valence-electron chi connectivity index (χ1n) is 9.73. The lowest BCUT2D eigenvalue weighted by molar-refractivity contribution is -0.143. The maximum absolute atomic E-state index is 11.3. The molecule has 0 spiro atoms. The number of nitriles is 1. The number of benzene rings is 2. The summed E-state index contributed by atoms with van der Waals surface area (Å²) >= 11 is 0. The lowest BCUT2D eigenvalue weighted by atomic mass is 10.0. The normalized spacial score (nSPS) is 11.3. The van der Waals surface area contributed by atoms with Crippen LogP contribution in [0.3, 0.4) is 0 Å². The molecule has 2 aromatic carbocycles. The zero-order valence-electron chi connectivity index (χ0n) is 16.4. The van der Waals surface area contributed by atoms with E-state index in [9.17, 15) is 4.79 Å². The number of hydrogen-bond acceptors (Lipinski definition) is 4. The Hall–Kier alpha value is -3.06. The zero-order valence-corrected chi connectivity index (χ0v) is 16.4. The van der Waals surface area contributed by atoms with E-state index in [1.54, 1.807) is 0 Å². The van der Waals surface area contributed by atoms with Gasteiger partial charge in [-0.15, -0.1) is 0 Å². The number of carbonyl (C=O) groups excluding carboxylic acids is 1. The van der Waals surface area contributed by atoms with Crippen LogP contribution < -0.4 is 4.74 Å². The molecule has 146 valence electrons. The van der Waals surface area contributed by atoms with Crippen molar-refractivity contribution in [3.63, 3.8) is 0 Å². The van der Waals surface area contributed by atoms with Gasteiger partial charge in [-0.1, -0.05) is 43.8 Å². The molecule has 0 heterocycles. The van der Waals surface area contributed by atoms with Gasteiger partial charge in [0, 0.05) is 11.6 Å². The summed E-state index contributed by atoms with van der Waals surface area (Å²) in [5.41, 5.74) is 2.70. The van der Waals surface area contributed by atoms with E-state index < -0.39 is 0 Å². The van der Waals surface area contributed by atoms with Crippen molar-refractivity contribution in [1.82, 2.24) is 0 Å². The zero-order chi connectivity index (χ0) is 20.2. The van der Waals surface area contributed by atoms with E-state index >= 15 is 0 Å². The second-order valence-corrected chi connectivity index (χ2v) is 6.55. The molecular weight excluding hydrogens is 350 g/mol. The molecule has 1 unspecified atom stereocenters. The van der Waals surface area contributed by atoms with Crippen molar-refractivity contribution in [2.75, 3.05) is 6.61 Å². The molecule has 4 nitrogen and oxygen atoms in total. The van der Waals surface area contributed by atoms with E-state index in [4.69, 9.17) is 14.7 Å². The van der Waals surface area contributed by atoms with Gasteiger partial charge in [0.05, 0.1) is 18.2 Å². The molecule has 28 heavy (non-hydrogen) atoms. The quantitative estimate of drug-likeness (QED) is 0.287. The molecule has 0 aromatic heterocycles. The molecule has 0 aliphatic rings. The molecule has 0 aliphatic carbocycles. The fourth-order valence-electron chi connectivity index (χ4n) is 2.95. The molecule has 0 aliphatic heterocycles. The number of carbonyl (C=O) groups is 1. The van der Waals surface area contributed by atoms with E-state index in [1.807, 2.05) is 55.5 Å². The Morgan fingerprint density at radius 1 is 1.14 bits per heavy atom. The number of esters is 1. The van der Waals surface area contributed by atoms with Crippen molar-refractivity contribution in [2.24, 2.45) is 0 Å². The van der Waals surface area contributed by atoms with E-state index in [0.717, 1.165) is 49.0 Å². The van der Waals surface area contributed by atoms with Crippen LogP contribution in [-0.4, -0.2) is 18.7 Å². The number of para-hydroxylation sites is 1. The molecule has 0 radical (unpaired) electrons. The van der Waals surface area contributed by atoms with Crippen molar-refractivity contribution >= 4 is 5.97 Å². The van der Waals surface area contributed by atoms with Crippen LogP contribution in [-0.2, 0) is 9.53 Å². The lowest BCUT2D eigenvalue weighted by Crippen LogP contribution is -2.15. The van der Waals surface area contributed by atoms with Crippen molar-refractivity contribution < 1.29 is 14.3 Å². The number of nitrogens with zero attached hydrogens (tertiary/aromatic N) is 1. The highest BCUT2D eigenvalue weighted by atomic mass is 16.5. The standard InChI is InChI=1S/C24H27NO3/c1-3-21(28-24(26)4-2)10-6-5-9-17-27-23-12-8-7-11-22(23)20-15-13-19(18-25)14-16-20/h4,7-8,11-16,21H,2-3,5-6,9-10,17H2,1H3. The van der Waals surface area contributed by atoms with Crippen LogP contribution in [0.2, 0.25) is 0 Å². The summed E-state index contributed by atoms with van der Waals surface area (Å²) in [6.45, 7) is 6.08. The third-order valence-corrected chi connectivity index (χ3v) is 4.54. The Kier molecular flexibility index (Phi) is 8.81. The summed E-state index contributed by atoms with van der Waals surface area (Å²) in [6, 6.07) is 17.6. The van der Waals surface area contributed by atoms with Crippen LogP contribution in [0, 0.1) is 11.3 Å². The molecule has 0 amide bonds. The van der Waals surface area contributed by atoms with Crippen LogP contribution in [0.5, 0.6) is 5.75 Å². The summed E-state index contributed by atoms with van der Waals surface area (Å²) < 4.78 is 11.3. The molecule has 2 aromatic rings. The predicted octanol–water partition coefficient (Wildman–Crippen LogP) is 5.67. The topological polar surface area (TPSA) is 59.3 Å². The molecule has 0 saturated heterocycles. The second-order valence-electron chi connectivity index (χ2n) is 6.55. The highest BCUT2D eigenvalue weighted by molar-refractivity contribution is 5.81. The highest BCUT2D eigenvalue weighted by Gasteiger charge is 2.10. The molecule has 4 heteroatoms. The van der Waals surface area contributed by atoms with Gasteiger partial charge < -0.3 is 9.47 Å². The van der Waals surface area contributed by atoms with Gasteiger partial charge in [0.25, 0.3) is 0 Å². The van der Waals surface area contributed by atoms with E-state index in [0.29, 0.717) is 12.2 Å². The van der Waals surface area contributed by atoms with Gasteiger partial charge in [-0.3, -0.25) is 0 Å². The Morgan fingerprint density at radius 2 is 1.89 bits per heavy atom. The highest BCUT2D eigenvalue weighted by Crippen LogP contribution is 2.30. The largest absolute Gasteiger partial charge is 0.493 e. The molecular formula is C24H27NO3. The number of rotatable bonds is 11. The van der Waals surface area contributed by atoms with E-state index in [2.05, 4.69) is 12.6 Å². The van der Waals surface area contributed by atoms with Crippen LogP contribution >= 0.6 is 0 Å². The fourth-order valence-corrected chi connectivity index (χ4v) is 2.95. The minimum absolute atomic E-state index is 0.0384. The minimum Gasteiger partial charge on any atom is -0.493 e. The van der Waals surface area contributed by atoms with Crippen molar-refractivity contribution in [3.05, 3.63) is 66.7 Å². The SMILES string of the molecule is C=CC(=O)OC(CC)CCCCCOc1ccccc1-c1ccc(C#N)cc1. The first kappa shape index (κ1) is 21.2. The summed E-state index contributed by atoms with van der Waals surface area (Å²) in [5.74, 6) is 0.494. The fraction of sp³-hybridized carbons (Fsp3) is 0.333. The predicted molar refractivity (Wildman–Crippen MR) is 111 cm³/mol. The first-order valence-corrected chi connectivity index (χ1v) is 9.73. The van der Waals surface area contributed by atoms with Crippen LogP contribution in [0.25, 0.3) is 11.1 Å². The Labute approximate surface area is 167 Å². The summed E-state index contributed by atoms with van der Waals surface area (Å²) in [5, 5.41) is 8.94. The van der Waals surface area contributed by atoms with Gasteiger partial charge in [-0.2, -0.15) is 5.26 Å². The molecule has 1 atom stereocenters. The molecule has 0 saturated carbocycles. The van der Waals surface area contributed by atoms with Gasteiger partial charge in [-0.25, -0.2) is 4.79 Å². The lowest BCUT2D eigenvalue weighted by Gasteiger charge is -2.15. The molecule has 2 rings (SSSR count). The number of unbranched alkanes of at least 4 members (excludes halogenated alkanes) is 2. The summed E-state index contributed by atoms with van der Waals surface area (Å²) in [7, 11) is 0. The van der Waals surface area contributed by atoms with Gasteiger partial charge in [0.15, 0.2) is 0 Å². The number of ether oxygens (including phenoxy) is 2. The third kappa shape index (κ3) is 6.59. The van der Waals surface area contributed by atoms with Crippen LogP contribution in [0.1, 0.15) is 44.6 Å². The van der Waals surface area contributed by atoms with Crippen molar-refractivity contribution in [3.8, 4) is 22.9 Å². The van der Waals surface area contributed by atoms with Crippen molar-refractivity contribution in [1.29, 1.82) is 5.26 Å².